The maximum Gasteiger partial charge on any atom is 0.514 e. The van der Waals surface area contributed by atoms with E-state index >= 15 is 0 Å². The van der Waals surface area contributed by atoms with E-state index in [0.717, 1.165) is 4.47 Å². The highest BCUT2D eigenvalue weighted by molar-refractivity contribution is 9.10. The van der Waals surface area contributed by atoms with Gasteiger partial charge in [-0.15, -0.1) is 0 Å². The van der Waals surface area contributed by atoms with Crippen LogP contribution in [0.15, 0.2) is 28.7 Å². The minimum Gasteiger partial charge on any atom is -0.431 e. The first kappa shape index (κ1) is 11.0. The van der Waals surface area contributed by atoms with Gasteiger partial charge in [-0.3, -0.25) is 0 Å². The number of carbonyl (C=O) groups excluding carboxylic acids is 1. The minimum atomic E-state index is -0.678. The van der Waals surface area contributed by atoms with Gasteiger partial charge >= 0.3 is 6.16 Å². The SMILES string of the molecule is CC(C)OC(=O)Oc1ccc(Br)cc1. The first-order valence-electron chi connectivity index (χ1n) is 4.22. The fourth-order valence-corrected chi connectivity index (χ4v) is 1.08. The normalized spacial score (nSPS) is 10.0. The zero-order chi connectivity index (χ0) is 10.6. The monoisotopic (exact) mass is 258 g/mol. The molecule has 1 aromatic carbocycles. The molecule has 0 atom stereocenters. The Kier molecular flexibility index (Phi) is 3.95. The molecule has 0 aromatic heterocycles. The molecule has 0 amide bonds. The number of carbonyl (C=O) groups is 1. The largest absolute Gasteiger partial charge is 0.514 e. The minimum absolute atomic E-state index is 0.169. The van der Waals surface area contributed by atoms with Crippen LogP contribution in [0, 0.1) is 0 Å². The average molecular weight is 259 g/mol. The van der Waals surface area contributed by atoms with Crippen LogP contribution in [0.2, 0.25) is 0 Å². The van der Waals surface area contributed by atoms with Crippen LogP contribution in [0.1, 0.15) is 13.8 Å². The molecule has 76 valence electrons. The van der Waals surface area contributed by atoms with Gasteiger partial charge in [-0.25, -0.2) is 4.79 Å². The molecule has 0 bridgehead atoms. The summed E-state index contributed by atoms with van der Waals surface area (Å²) in [6.07, 6.45) is -0.847. The van der Waals surface area contributed by atoms with E-state index in [2.05, 4.69) is 15.9 Å². The second-order valence-electron chi connectivity index (χ2n) is 2.97. The van der Waals surface area contributed by atoms with E-state index < -0.39 is 6.16 Å². The van der Waals surface area contributed by atoms with Gasteiger partial charge in [0.25, 0.3) is 0 Å². The van der Waals surface area contributed by atoms with Gasteiger partial charge in [0, 0.05) is 4.47 Å². The van der Waals surface area contributed by atoms with Crippen LogP contribution in [0.4, 0.5) is 4.79 Å². The van der Waals surface area contributed by atoms with Crippen molar-refractivity contribution in [2.75, 3.05) is 0 Å². The third-order valence-corrected chi connectivity index (χ3v) is 1.88. The number of halogens is 1. The molecule has 4 heteroatoms. The average Bonchev–Trinajstić information content (AvgIpc) is 2.07. The van der Waals surface area contributed by atoms with Crippen LogP contribution < -0.4 is 4.74 Å². The van der Waals surface area contributed by atoms with Gasteiger partial charge in [-0.05, 0) is 38.1 Å². The van der Waals surface area contributed by atoms with Crippen molar-refractivity contribution in [3.05, 3.63) is 28.7 Å². The number of benzene rings is 1. The van der Waals surface area contributed by atoms with Crippen molar-refractivity contribution in [1.29, 1.82) is 0 Å². The molecule has 1 rings (SSSR count). The van der Waals surface area contributed by atoms with Crippen molar-refractivity contribution >= 4 is 22.1 Å². The van der Waals surface area contributed by atoms with Crippen molar-refractivity contribution in [1.82, 2.24) is 0 Å². The van der Waals surface area contributed by atoms with E-state index in [4.69, 9.17) is 9.47 Å². The predicted octanol–water partition coefficient (Wildman–Crippen LogP) is 3.37. The van der Waals surface area contributed by atoms with Crippen LogP contribution in [-0.4, -0.2) is 12.3 Å². The topological polar surface area (TPSA) is 35.5 Å². The number of ether oxygens (including phenoxy) is 2. The Balaban J connectivity index is 2.52. The van der Waals surface area contributed by atoms with Gasteiger partial charge in [-0.2, -0.15) is 0 Å². The highest BCUT2D eigenvalue weighted by Gasteiger charge is 2.07. The van der Waals surface area contributed by atoms with Crippen LogP contribution >= 0.6 is 15.9 Å². The lowest BCUT2D eigenvalue weighted by atomic mass is 10.3. The smallest absolute Gasteiger partial charge is 0.431 e. The summed E-state index contributed by atoms with van der Waals surface area (Å²) in [5, 5.41) is 0. The van der Waals surface area contributed by atoms with Crippen molar-refractivity contribution in [3.63, 3.8) is 0 Å². The molecule has 0 unspecified atom stereocenters. The Morgan fingerprint density at radius 3 is 2.36 bits per heavy atom. The predicted molar refractivity (Wildman–Crippen MR) is 56.4 cm³/mol. The fourth-order valence-electron chi connectivity index (χ4n) is 0.815. The summed E-state index contributed by atoms with van der Waals surface area (Å²) >= 11 is 3.28. The van der Waals surface area contributed by atoms with Crippen LogP contribution in [-0.2, 0) is 4.74 Å². The summed E-state index contributed by atoms with van der Waals surface area (Å²) in [5.41, 5.74) is 0. The second-order valence-corrected chi connectivity index (χ2v) is 3.89. The van der Waals surface area contributed by atoms with Crippen molar-refractivity contribution in [3.8, 4) is 5.75 Å². The number of hydrogen-bond donors (Lipinski definition) is 0. The molecular weight excluding hydrogens is 248 g/mol. The van der Waals surface area contributed by atoms with Gasteiger partial charge in [0.15, 0.2) is 0 Å². The quantitative estimate of drug-likeness (QED) is 0.603. The Labute approximate surface area is 91.1 Å². The van der Waals surface area contributed by atoms with E-state index in [0.29, 0.717) is 5.75 Å². The molecule has 0 aliphatic carbocycles. The van der Waals surface area contributed by atoms with Gasteiger partial charge < -0.3 is 9.47 Å². The van der Waals surface area contributed by atoms with Crippen molar-refractivity contribution in [2.45, 2.75) is 20.0 Å². The lowest BCUT2D eigenvalue weighted by Gasteiger charge is -2.07. The molecule has 14 heavy (non-hydrogen) atoms. The van der Waals surface area contributed by atoms with Crippen molar-refractivity contribution < 1.29 is 14.3 Å². The van der Waals surface area contributed by atoms with Crippen LogP contribution in [0.3, 0.4) is 0 Å². The molecule has 0 spiro atoms. The van der Waals surface area contributed by atoms with Gasteiger partial charge in [0.05, 0.1) is 6.10 Å². The lowest BCUT2D eigenvalue weighted by molar-refractivity contribution is 0.0729. The number of rotatable bonds is 2. The lowest BCUT2D eigenvalue weighted by Crippen LogP contribution is -2.15. The molecule has 0 N–H and O–H groups in total. The summed E-state index contributed by atoms with van der Waals surface area (Å²) < 4.78 is 10.6. The Hall–Kier alpha value is -1.03. The van der Waals surface area contributed by atoms with Gasteiger partial charge in [-0.1, -0.05) is 15.9 Å². The Morgan fingerprint density at radius 1 is 1.29 bits per heavy atom. The molecule has 0 heterocycles. The molecule has 0 saturated heterocycles. The maximum atomic E-state index is 11.1. The highest BCUT2D eigenvalue weighted by atomic mass is 79.9. The zero-order valence-corrected chi connectivity index (χ0v) is 9.58. The molecule has 3 nitrogen and oxygen atoms in total. The molecular formula is C10H11BrO3. The first-order chi connectivity index (χ1) is 6.58. The van der Waals surface area contributed by atoms with E-state index in [1.54, 1.807) is 38.1 Å². The van der Waals surface area contributed by atoms with Gasteiger partial charge in [0.2, 0.25) is 0 Å². The maximum absolute atomic E-state index is 11.1. The Morgan fingerprint density at radius 2 is 1.86 bits per heavy atom. The summed E-state index contributed by atoms with van der Waals surface area (Å²) in [5.74, 6) is 0.471. The molecule has 0 aliphatic rings. The molecule has 0 fully saturated rings. The van der Waals surface area contributed by atoms with E-state index in [9.17, 15) is 4.79 Å². The Bertz CT molecular complexity index is 306. The molecule has 0 aliphatic heterocycles. The fraction of sp³-hybridized carbons (Fsp3) is 0.300. The summed E-state index contributed by atoms with van der Waals surface area (Å²) in [6.45, 7) is 3.53. The van der Waals surface area contributed by atoms with E-state index in [1.807, 2.05) is 0 Å². The molecule has 0 saturated carbocycles. The van der Waals surface area contributed by atoms with E-state index in [-0.39, 0.29) is 6.10 Å². The highest BCUT2D eigenvalue weighted by Crippen LogP contribution is 2.16. The zero-order valence-electron chi connectivity index (χ0n) is 7.99. The van der Waals surface area contributed by atoms with Gasteiger partial charge in [0.1, 0.15) is 5.75 Å². The standard InChI is InChI=1S/C10H11BrO3/c1-7(2)13-10(12)14-9-5-3-8(11)4-6-9/h3-7H,1-2H3. The third-order valence-electron chi connectivity index (χ3n) is 1.35. The molecule has 0 radical (unpaired) electrons. The number of hydrogen-bond acceptors (Lipinski definition) is 3. The van der Waals surface area contributed by atoms with Crippen LogP contribution in [0.25, 0.3) is 0 Å². The first-order valence-corrected chi connectivity index (χ1v) is 5.01. The molecule has 1 aromatic rings. The third kappa shape index (κ3) is 3.79. The second kappa shape index (κ2) is 5.00. The summed E-state index contributed by atoms with van der Waals surface area (Å²) in [4.78, 5) is 11.1. The van der Waals surface area contributed by atoms with Crippen LogP contribution in [0.5, 0.6) is 5.75 Å². The van der Waals surface area contributed by atoms with E-state index in [1.165, 1.54) is 0 Å². The summed E-state index contributed by atoms with van der Waals surface area (Å²) in [6, 6.07) is 6.95. The van der Waals surface area contributed by atoms with Crippen molar-refractivity contribution in [2.24, 2.45) is 0 Å². The summed E-state index contributed by atoms with van der Waals surface area (Å²) in [7, 11) is 0.